The Balaban J connectivity index is 2.03. The number of carbonyl (C=O) groups excluding carboxylic acids is 2. The van der Waals surface area contributed by atoms with Gasteiger partial charge in [0.2, 0.25) is 11.8 Å². The van der Waals surface area contributed by atoms with Crippen molar-refractivity contribution in [2.45, 2.75) is 37.8 Å². The Labute approximate surface area is 223 Å². The molecular formula is C28H32FN3O5S. The van der Waals surface area contributed by atoms with Crippen LogP contribution in [0.25, 0.3) is 0 Å². The first-order valence-corrected chi connectivity index (χ1v) is 13.5. The van der Waals surface area contributed by atoms with Crippen LogP contribution in [0, 0.1) is 12.7 Å². The zero-order valence-electron chi connectivity index (χ0n) is 21.8. The maximum Gasteiger partial charge on any atom is 0.264 e. The number of anilines is 1. The lowest BCUT2D eigenvalue weighted by Gasteiger charge is -2.33. The van der Waals surface area contributed by atoms with Crippen molar-refractivity contribution in [2.24, 2.45) is 0 Å². The Morgan fingerprint density at radius 3 is 2.11 bits per heavy atom. The lowest BCUT2D eigenvalue weighted by molar-refractivity contribution is -0.140. The monoisotopic (exact) mass is 541 g/mol. The summed E-state index contributed by atoms with van der Waals surface area (Å²) >= 11 is 0. The van der Waals surface area contributed by atoms with Crippen LogP contribution in [0.15, 0.2) is 77.7 Å². The highest BCUT2D eigenvalue weighted by atomic mass is 32.2. The predicted molar refractivity (Wildman–Crippen MR) is 144 cm³/mol. The van der Waals surface area contributed by atoms with Gasteiger partial charge in [0, 0.05) is 13.6 Å². The molecule has 10 heteroatoms. The van der Waals surface area contributed by atoms with Crippen molar-refractivity contribution in [3.8, 4) is 5.75 Å². The average molecular weight is 542 g/mol. The fraction of sp³-hybridized carbons (Fsp3) is 0.286. The molecule has 0 spiro atoms. The summed E-state index contributed by atoms with van der Waals surface area (Å²) in [5, 5.41) is 2.59. The van der Waals surface area contributed by atoms with Gasteiger partial charge in [-0.1, -0.05) is 36.8 Å². The highest BCUT2D eigenvalue weighted by molar-refractivity contribution is 7.92. The first-order chi connectivity index (χ1) is 18.1. The summed E-state index contributed by atoms with van der Waals surface area (Å²) in [6, 6.07) is 17.3. The van der Waals surface area contributed by atoms with Gasteiger partial charge in [-0.2, -0.15) is 0 Å². The molecule has 0 unspecified atom stereocenters. The van der Waals surface area contributed by atoms with E-state index < -0.39 is 34.3 Å². The van der Waals surface area contributed by atoms with Crippen LogP contribution < -0.4 is 14.4 Å². The molecule has 0 aromatic heterocycles. The second-order valence-corrected chi connectivity index (χ2v) is 10.6. The molecule has 0 aliphatic rings. The minimum Gasteiger partial charge on any atom is -0.497 e. The molecule has 0 aliphatic carbocycles. The molecule has 0 saturated carbocycles. The van der Waals surface area contributed by atoms with Crippen molar-refractivity contribution in [1.82, 2.24) is 10.2 Å². The van der Waals surface area contributed by atoms with Crippen LogP contribution in [-0.4, -0.2) is 51.9 Å². The molecule has 3 aromatic rings. The van der Waals surface area contributed by atoms with Gasteiger partial charge in [0.15, 0.2) is 0 Å². The van der Waals surface area contributed by atoms with Crippen LogP contribution in [0.1, 0.15) is 24.5 Å². The first-order valence-electron chi connectivity index (χ1n) is 12.1. The number of hydrogen-bond donors (Lipinski definition) is 1. The van der Waals surface area contributed by atoms with Crippen LogP contribution in [0.5, 0.6) is 5.75 Å². The van der Waals surface area contributed by atoms with E-state index in [4.69, 9.17) is 4.74 Å². The van der Waals surface area contributed by atoms with Gasteiger partial charge in [-0.25, -0.2) is 12.8 Å². The summed E-state index contributed by atoms with van der Waals surface area (Å²) in [6.45, 7) is 3.15. The molecule has 0 saturated heterocycles. The van der Waals surface area contributed by atoms with E-state index in [1.807, 2.05) is 6.92 Å². The number of nitrogens with one attached hydrogen (secondary N) is 1. The molecule has 0 bridgehead atoms. The van der Waals surface area contributed by atoms with E-state index >= 15 is 0 Å². The van der Waals surface area contributed by atoms with E-state index in [0.717, 1.165) is 39.7 Å². The van der Waals surface area contributed by atoms with Gasteiger partial charge >= 0.3 is 0 Å². The SMILES string of the molecule is CC[C@H](C(=O)NC)N(Cc1ccc(OC)cc1)C(=O)CN(c1ccc(C)cc1)S(=O)(=O)c1ccc(F)cc1. The van der Waals surface area contributed by atoms with Crippen molar-refractivity contribution in [2.75, 3.05) is 25.0 Å². The molecule has 0 fully saturated rings. The number of sulfonamides is 1. The van der Waals surface area contributed by atoms with E-state index in [1.54, 1.807) is 62.6 Å². The number of ether oxygens (including phenoxy) is 1. The number of halogens is 1. The Morgan fingerprint density at radius 1 is 0.974 bits per heavy atom. The number of aryl methyl sites for hydroxylation is 1. The van der Waals surface area contributed by atoms with E-state index in [1.165, 1.54) is 11.9 Å². The molecular weight excluding hydrogens is 509 g/mol. The van der Waals surface area contributed by atoms with Gasteiger partial charge < -0.3 is 15.0 Å². The highest BCUT2D eigenvalue weighted by Gasteiger charge is 2.33. The van der Waals surface area contributed by atoms with E-state index in [9.17, 15) is 22.4 Å². The predicted octanol–water partition coefficient (Wildman–Crippen LogP) is 3.89. The summed E-state index contributed by atoms with van der Waals surface area (Å²) in [7, 11) is -1.22. The van der Waals surface area contributed by atoms with Crippen LogP contribution in [0.3, 0.4) is 0 Å². The fourth-order valence-electron chi connectivity index (χ4n) is 3.99. The lowest BCUT2D eigenvalue weighted by atomic mass is 10.1. The molecule has 2 amide bonds. The second kappa shape index (κ2) is 12.6. The molecule has 8 nitrogen and oxygen atoms in total. The third-order valence-electron chi connectivity index (χ3n) is 6.15. The molecule has 3 aromatic carbocycles. The molecule has 38 heavy (non-hydrogen) atoms. The molecule has 0 aliphatic heterocycles. The summed E-state index contributed by atoms with van der Waals surface area (Å²) in [5.41, 5.74) is 1.92. The molecule has 1 atom stereocenters. The van der Waals surface area contributed by atoms with Gasteiger partial charge in [0.05, 0.1) is 17.7 Å². The maximum atomic E-state index is 13.8. The van der Waals surface area contributed by atoms with E-state index in [2.05, 4.69) is 5.32 Å². The topological polar surface area (TPSA) is 96.0 Å². The van der Waals surface area contributed by atoms with Crippen molar-refractivity contribution in [3.05, 3.63) is 89.7 Å². The van der Waals surface area contributed by atoms with Crippen molar-refractivity contribution in [1.29, 1.82) is 0 Å². The second-order valence-electron chi connectivity index (χ2n) is 8.71. The van der Waals surface area contributed by atoms with Gasteiger partial charge in [-0.15, -0.1) is 0 Å². The van der Waals surface area contributed by atoms with Crippen molar-refractivity contribution >= 4 is 27.5 Å². The van der Waals surface area contributed by atoms with Gasteiger partial charge in [0.1, 0.15) is 24.2 Å². The molecule has 1 N–H and O–H groups in total. The number of benzene rings is 3. The highest BCUT2D eigenvalue weighted by Crippen LogP contribution is 2.25. The molecule has 202 valence electrons. The van der Waals surface area contributed by atoms with Crippen LogP contribution in [0.2, 0.25) is 0 Å². The smallest absolute Gasteiger partial charge is 0.264 e. The first kappa shape index (κ1) is 28.6. The van der Waals surface area contributed by atoms with Crippen molar-refractivity contribution < 1.29 is 27.1 Å². The van der Waals surface area contributed by atoms with Gasteiger partial charge in [0.25, 0.3) is 10.0 Å². The summed E-state index contributed by atoms with van der Waals surface area (Å²) < 4.78 is 47.1. The van der Waals surface area contributed by atoms with Crippen LogP contribution >= 0.6 is 0 Å². The third kappa shape index (κ3) is 6.69. The van der Waals surface area contributed by atoms with E-state index in [-0.39, 0.29) is 23.0 Å². The average Bonchev–Trinajstić information content (AvgIpc) is 2.92. The van der Waals surface area contributed by atoms with Crippen LogP contribution in [0.4, 0.5) is 10.1 Å². The molecule has 3 rings (SSSR count). The number of amides is 2. The number of nitrogens with zero attached hydrogens (tertiary/aromatic N) is 2. The third-order valence-corrected chi connectivity index (χ3v) is 7.93. The number of carbonyl (C=O) groups is 2. The number of likely N-dealkylation sites (N-methyl/N-ethyl adjacent to an activating group) is 1. The minimum atomic E-state index is -4.25. The standard InChI is InChI=1S/C28H32FN3O5S/c1-5-26(28(34)30-3)31(18-21-8-14-24(37-4)15-9-21)27(33)19-32(23-12-6-20(2)7-13-23)38(35,36)25-16-10-22(29)11-17-25/h6-17,26H,5,18-19H2,1-4H3,(H,30,34)/t26-/m1/s1. The zero-order valence-corrected chi connectivity index (χ0v) is 22.7. The minimum absolute atomic E-state index is 0.0765. The largest absolute Gasteiger partial charge is 0.497 e. The quantitative estimate of drug-likeness (QED) is 0.397. The fourth-order valence-corrected chi connectivity index (χ4v) is 5.40. The Morgan fingerprint density at radius 2 is 1.58 bits per heavy atom. The zero-order chi connectivity index (χ0) is 27.9. The summed E-state index contributed by atoms with van der Waals surface area (Å²) in [4.78, 5) is 27.8. The van der Waals surface area contributed by atoms with Crippen LogP contribution in [-0.2, 0) is 26.2 Å². The maximum absolute atomic E-state index is 13.8. The van der Waals surface area contributed by atoms with Gasteiger partial charge in [-0.3, -0.25) is 13.9 Å². The Kier molecular flexibility index (Phi) is 9.46. The Bertz CT molecular complexity index is 1340. The molecule has 0 heterocycles. The normalized spacial score (nSPS) is 11.9. The van der Waals surface area contributed by atoms with Crippen molar-refractivity contribution in [3.63, 3.8) is 0 Å². The molecule has 0 radical (unpaired) electrons. The Hall–Kier alpha value is -3.92. The lowest BCUT2D eigenvalue weighted by Crippen LogP contribution is -2.51. The number of rotatable bonds is 11. The van der Waals surface area contributed by atoms with E-state index in [0.29, 0.717) is 12.2 Å². The number of methoxy groups -OCH3 is 1. The van der Waals surface area contributed by atoms with Gasteiger partial charge in [-0.05, 0) is 67.4 Å². The number of hydrogen-bond acceptors (Lipinski definition) is 5. The summed E-state index contributed by atoms with van der Waals surface area (Å²) in [5.74, 6) is -0.870. The summed E-state index contributed by atoms with van der Waals surface area (Å²) in [6.07, 6.45) is 0.316.